The zero-order valence-electron chi connectivity index (χ0n) is 18.4. The van der Waals surface area contributed by atoms with Gasteiger partial charge in [-0.25, -0.2) is 0 Å². The normalized spacial score (nSPS) is 11.8. The van der Waals surface area contributed by atoms with Gasteiger partial charge in [0.15, 0.2) is 0 Å². The molecule has 0 heterocycles. The fraction of sp³-hybridized carbons (Fsp3) is 0.440. The number of aryl methyl sites for hydroxylation is 3. The van der Waals surface area contributed by atoms with Gasteiger partial charge in [-0.05, 0) is 50.3 Å². The van der Waals surface area contributed by atoms with Crippen molar-refractivity contribution >= 4 is 11.8 Å². The van der Waals surface area contributed by atoms with E-state index in [-0.39, 0.29) is 11.8 Å². The lowest BCUT2D eigenvalue weighted by atomic mass is 10.0. The molecule has 2 rings (SSSR count). The Morgan fingerprint density at radius 2 is 1.66 bits per heavy atom. The molecule has 0 aromatic heterocycles. The van der Waals surface area contributed by atoms with Crippen LogP contribution in [0.3, 0.4) is 0 Å². The minimum atomic E-state index is -0.473. The highest BCUT2D eigenvalue weighted by molar-refractivity contribution is 5.88. The molecular weight excluding hydrogens is 360 g/mol. The quantitative estimate of drug-likeness (QED) is 0.681. The van der Waals surface area contributed by atoms with Crippen molar-refractivity contribution < 1.29 is 9.59 Å². The molecule has 0 aliphatic rings. The van der Waals surface area contributed by atoms with Gasteiger partial charge in [-0.2, -0.15) is 0 Å². The predicted octanol–water partition coefficient (Wildman–Crippen LogP) is 4.49. The van der Waals surface area contributed by atoms with E-state index < -0.39 is 6.04 Å². The highest BCUT2D eigenvalue weighted by Gasteiger charge is 2.28. The molecule has 0 spiro atoms. The van der Waals surface area contributed by atoms with E-state index in [9.17, 15) is 9.59 Å². The predicted molar refractivity (Wildman–Crippen MR) is 119 cm³/mol. The lowest BCUT2D eigenvalue weighted by Crippen LogP contribution is -2.49. The first-order valence-electron chi connectivity index (χ1n) is 10.5. The Balaban J connectivity index is 2.32. The maximum absolute atomic E-state index is 13.4. The molecule has 156 valence electrons. The summed E-state index contributed by atoms with van der Waals surface area (Å²) >= 11 is 0. The van der Waals surface area contributed by atoms with E-state index in [1.807, 2.05) is 58.9 Å². The largest absolute Gasteiger partial charge is 0.354 e. The minimum Gasteiger partial charge on any atom is -0.354 e. The van der Waals surface area contributed by atoms with E-state index in [0.717, 1.165) is 34.2 Å². The first-order valence-corrected chi connectivity index (χ1v) is 10.5. The summed E-state index contributed by atoms with van der Waals surface area (Å²) in [5, 5.41) is 2.97. The van der Waals surface area contributed by atoms with Crippen LogP contribution in [0.15, 0.2) is 42.5 Å². The third kappa shape index (κ3) is 6.45. The average Bonchev–Trinajstić information content (AvgIpc) is 2.66. The van der Waals surface area contributed by atoms with Gasteiger partial charge in [0.1, 0.15) is 6.04 Å². The Hall–Kier alpha value is -2.62. The highest BCUT2D eigenvalue weighted by atomic mass is 16.2. The van der Waals surface area contributed by atoms with E-state index in [1.165, 1.54) is 0 Å². The number of hydrogen-bond donors (Lipinski definition) is 1. The van der Waals surface area contributed by atoms with Gasteiger partial charge in [-0.3, -0.25) is 9.59 Å². The monoisotopic (exact) mass is 394 g/mol. The third-order valence-corrected chi connectivity index (χ3v) is 5.17. The van der Waals surface area contributed by atoms with Gasteiger partial charge in [0.05, 0.1) is 6.42 Å². The van der Waals surface area contributed by atoms with Crippen LogP contribution in [0.2, 0.25) is 0 Å². The fourth-order valence-electron chi connectivity index (χ4n) is 3.70. The van der Waals surface area contributed by atoms with Crippen molar-refractivity contribution in [2.24, 2.45) is 0 Å². The van der Waals surface area contributed by atoms with Crippen LogP contribution in [0, 0.1) is 20.8 Å². The van der Waals surface area contributed by atoms with Crippen molar-refractivity contribution in [2.75, 3.05) is 6.54 Å². The number of carbonyl (C=O) groups excluding carboxylic acids is 2. The molecule has 29 heavy (non-hydrogen) atoms. The second kappa shape index (κ2) is 10.8. The standard InChI is InChI=1S/C25H34N2O2/c1-6-12-26-25(29)23(7-2)27(17-22-11-9-8-10-20(22)5)24(28)16-21-14-18(3)13-19(4)15-21/h8-11,13-15,23H,6-7,12,16-17H2,1-5H3,(H,26,29). The number of benzene rings is 2. The number of amides is 2. The second-order valence-electron chi connectivity index (χ2n) is 7.84. The Morgan fingerprint density at radius 1 is 1.00 bits per heavy atom. The van der Waals surface area contributed by atoms with Gasteiger partial charge < -0.3 is 10.2 Å². The second-order valence-corrected chi connectivity index (χ2v) is 7.84. The maximum Gasteiger partial charge on any atom is 0.242 e. The van der Waals surface area contributed by atoms with Crippen LogP contribution in [0.1, 0.15) is 54.5 Å². The summed E-state index contributed by atoms with van der Waals surface area (Å²) < 4.78 is 0. The van der Waals surface area contributed by atoms with Gasteiger partial charge in [0.2, 0.25) is 11.8 Å². The molecule has 0 aliphatic heterocycles. The molecule has 0 saturated heterocycles. The molecule has 2 aromatic carbocycles. The van der Waals surface area contributed by atoms with Gasteiger partial charge in [0, 0.05) is 13.1 Å². The van der Waals surface area contributed by atoms with E-state index in [0.29, 0.717) is 25.9 Å². The van der Waals surface area contributed by atoms with Gasteiger partial charge in [-0.15, -0.1) is 0 Å². The SMILES string of the molecule is CCCNC(=O)C(CC)N(Cc1ccccc1C)C(=O)Cc1cc(C)cc(C)c1. The summed E-state index contributed by atoms with van der Waals surface area (Å²) in [5.74, 6) is -0.0894. The number of nitrogens with one attached hydrogen (secondary N) is 1. The summed E-state index contributed by atoms with van der Waals surface area (Å²) in [6.45, 7) is 11.2. The average molecular weight is 395 g/mol. The lowest BCUT2D eigenvalue weighted by molar-refractivity contribution is -0.140. The van der Waals surface area contributed by atoms with Crippen LogP contribution in [0.4, 0.5) is 0 Å². The van der Waals surface area contributed by atoms with Crippen LogP contribution in [0.5, 0.6) is 0 Å². The molecule has 4 nitrogen and oxygen atoms in total. The third-order valence-electron chi connectivity index (χ3n) is 5.17. The van der Waals surface area contributed by atoms with Crippen molar-refractivity contribution in [2.45, 2.75) is 66.5 Å². The number of hydrogen-bond acceptors (Lipinski definition) is 2. The summed E-state index contributed by atoms with van der Waals surface area (Å²) in [4.78, 5) is 27.9. The minimum absolute atomic E-state index is 0.0169. The van der Waals surface area contributed by atoms with Crippen LogP contribution >= 0.6 is 0 Å². The van der Waals surface area contributed by atoms with E-state index in [4.69, 9.17) is 0 Å². The van der Waals surface area contributed by atoms with Crippen LogP contribution in [-0.2, 0) is 22.6 Å². The molecule has 2 amide bonds. The zero-order valence-corrected chi connectivity index (χ0v) is 18.4. The smallest absolute Gasteiger partial charge is 0.242 e. The molecule has 0 saturated carbocycles. The van der Waals surface area contributed by atoms with Crippen LogP contribution < -0.4 is 5.32 Å². The van der Waals surface area contributed by atoms with Crippen LogP contribution in [-0.4, -0.2) is 29.3 Å². The number of nitrogens with zero attached hydrogens (tertiary/aromatic N) is 1. The molecule has 1 unspecified atom stereocenters. The molecule has 0 bridgehead atoms. The first kappa shape index (κ1) is 22.7. The molecule has 0 aliphatic carbocycles. The molecule has 0 radical (unpaired) electrons. The van der Waals surface area contributed by atoms with Crippen molar-refractivity contribution in [3.05, 3.63) is 70.3 Å². The van der Waals surface area contributed by atoms with E-state index in [2.05, 4.69) is 23.5 Å². The van der Waals surface area contributed by atoms with Crippen molar-refractivity contribution in [1.29, 1.82) is 0 Å². The molecule has 1 atom stereocenters. The van der Waals surface area contributed by atoms with Crippen LogP contribution in [0.25, 0.3) is 0 Å². The first-order chi connectivity index (χ1) is 13.8. The van der Waals surface area contributed by atoms with Gasteiger partial charge >= 0.3 is 0 Å². The molecule has 4 heteroatoms. The Kier molecular flexibility index (Phi) is 8.44. The van der Waals surface area contributed by atoms with Gasteiger partial charge in [-0.1, -0.05) is 67.4 Å². The van der Waals surface area contributed by atoms with E-state index in [1.54, 1.807) is 4.90 Å². The number of carbonyl (C=O) groups is 2. The molecule has 0 fully saturated rings. The zero-order chi connectivity index (χ0) is 21.4. The lowest BCUT2D eigenvalue weighted by Gasteiger charge is -2.31. The molecule has 1 N–H and O–H groups in total. The summed E-state index contributed by atoms with van der Waals surface area (Å²) in [5.41, 5.74) is 5.48. The molecule has 2 aromatic rings. The van der Waals surface area contributed by atoms with E-state index >= 15 is 0 Å². The van der Waals surface area contributed by atoms with Gasteiger partial charge in [0.25, 0.3) is 0 Å². The Labute approximate surface area is 175 Å². The Morgan fingerprint density at radius 3 is 2.24 bits per heavy atom. The highest BCUT2D eigenvalue weighted by Crippen LogP contribution is 2.18. The number of rotatable bonds is 9. The van der Waals surface area contributed by atoms with Crippen molar-refractivity contribution in [1.82, 2.24) is 10.2 Å². The summed E-state index contributed by atoms with van der Waals surface area (Å²) in [7, 11) is 0. The summed E-state index contributed by atoms with van der Waals surface area (Å²) in [6.07, 6.45) is 1.75. The maximum atomic E-state index is 13.4. The summed E-state index contributed by atoms with van der Waals surface area (Å²) in [6, 6.07) is 13.8. The van der Waals surface area contributed by atoms with Crippen molar-refractivity contribution in [3.8, 4) is 0 Å². The molecular formula is C25H34N2O2. The Bertz CT molecular complexity index is 824. The topological polar surface area (TPSA) is 49.4 Å². The van der Waals surface area contributed by atoms with Crippen molar-refractivity contribution in [3.63, 3.8) is 0 Å². The fourth-order valence-corrected chi connectivity index (χ4v) is 3.70.